The topological polar surface area (TPSA) is 97.5 Å². The number of rotatable bonds is 3. The Morgan fingerprint density at radius 3 is 2.73 bits per heavy atom. The van der Waals surface area contributed by atoms with Crippen LogP contribution in [0.2, 0.25) is 0 Å². The highest BCUT2D eigenvalue weighted by atomic mass is 19.4. The molecule has 0 aliphatic carbocycles. The molecule has 4 rings (SSSR count). The fraction of sp³-hybridized carbons (Fsp3) is 0.560. The first-order chi connectivity index (χ1) is 17.6. The first kappa shape index (κ1) is 26.6. The van der Waals surface area contributed by atoms with Gasteiger partial charge in [-0.25, -0.2) is 24.7 Å². The third kappa shape index (κ3) is 6.66. The monoisotopic (exact) mass is 519 g/mol. The van der Waals surface area contributed by atoms with Crippen LogP contribution in [-0.2, 0) is 0 Å². The summed E-state index contributed by atoms with van der Waals surface area (Å²) in [6.07, 6.45) is 2.42. The molecule has 2 atom stereocenters. The van der Waals surface area contributed by atoms with Crippen LogP contribution in [0, 0.1) is 6.92 Å². The van der Waals surface area contributed by atoms with E-state index >= 15 is 0 Å². The van der Waals surface area contributed by atoms with Crippen molar-refractivity contribution in [2.45, 2.75) is 77.6 Å². The molecule has 4 bridgehead atoms. The van der Waals surface area contributed by atoms with E-state index in [1.807, 2.05) is 24.4 Å². The number of carbonyl (C=O) groups excluding carboxylic acids is 1. The van der Waals surface area contributed by atoms with Crippen molar-refractivity contribution in [2.75, 3.05) is 13.2 Å². The maximum Gasteiger partial charge on any atom is 0.389 e. The normalized spacial score (nSPS) is 19.8. The van der Waals surface area contributed by atoms with Crippen molar-refractivity contribution in [1.29, 1.82) is 0 Å². The molecule has 4 heterocycles. The van der Waals surface area contributed by atoms with Gasteiger partial charge in [0, 0.05) is 37.6 Å². The Morgan fingerprint density at radius 1 is 1.16 bits per heavy atom. The Labute approximate surface area is 213 Å². The van der Waals surface area contributed by atoms with Crippen molar-refractivity contribution in [3.63, 3.8) is 0 Å². The minimum absolute atomic E-state index is 0.165. The molecule has 3 aromatic heterocycles. The average Bonchev–Trinajstić information content (AvgIpc) is 3.32. The van der Waals surface area contributed by atoms with Gasteiger partial charge in [-0.2, -0.15) is 13.2 Å². The number of aryl methyl sites for hydroxylation is 1. The van der Waals surface area contributed by atoms with Gasteiger partial charge in [0.2, 0.25) is 5.65 Å². The molecule has 1 aliphatic heterocycles. The van der Waals surface area contributed by atoms with Crippen LogP contribution < -0.4 is 10.1 Å². The van der Waals surface area contributed by atoms with Gasteiger partial charge in [0.05, 0.1) is 24.0 Å². The first-order valence-electron chi connectivity index (χ1n) is 12.6. The number of hydrogen-bond acceptors (Lipinski definition) is 6. The smallest absolute Gasteiger partial charge is 0.389 e. The Morgan fingerprint density at radius 2 is 1.97 bits per heavy atom. The summed E-state index contributed by atoms with van der Waals surface area (Å²) in [5.41, 5.74) is 2.33. The maximum absolute atomic E-state index is 13.2. The Hall–Kier alpha value is -3.44. The molecular formula is C25H32F3N7O2. The second kappa shape index (κ2) is 11.3. The summed E-state index contributed by atoms with van der Waals surface area (Å²) in [4.78, 5) is 32.9. The Kier molecular flexibility index (Phi) is 8.13. The predicted molar refractivity (Wildman–Crippen MR) is 131 cm³/mol. The molecule has 0 saturated heterocycles. The minimum atomic E-state index is -4.28. The van der Waals surface area contributed by atoms with E-state index in [0.717, 1.165) is 6.42 Å². The third-order valence-corrected chi connectivity index (χ3v) is 6.50. The molecule has 1 N–H and O–H groups in total. The Bertz CT molecular complexity index is 1230. The van der Waals surface area contributed by atoms with Gasteiger partial charge < -0.3 is 19.4 Å². The minimum Gasteiger partial charge on any atom is -0.475 e. The molecular weight excluding hydrogens is 487 g/mol. The molecule has 0 fully saturated rings. The molecule has 0 aromatic carbocycles. The van der Waals surface area contributed by atoms with E-state index in [2.05, 4.69) is 25.3 Å². The maximum atomic E-state index is 13.2. The average molecular weight is 520 g/mol. The summed E-state index contributed by atoms with van der Waals surface area (Å²) >= 11 is 0. The van der Waals surface area contributed by atoms with E-state index in [9.17, 15) is 18.0 Å². The summed E-state index contributed by atoms with van der Waals surface area (Å²) in [6.45, 7) is 6.17. The molecule has 0 unspecified atom stereocenters. The number of halogens is 3. The lowest BCUT2D eigenvalue weighted by molar-refractivity contribution is -0.136. The molecule has 3 aromatic rings. The second-order valence-electron chi connectivity index (χ2n) is 9.27. The lowest BCUT2D eigenvalue weighted by Crippen LogP contribution is -2.46. The summed E-state index contributed by atoms with van der Waals surface area (Å²) in [5, 5.41) is 2.85. The predicted octanol–water partition coefficient (Wildman–Crippen LogP) is 5.25. The summed E-state index contributed by atoms with van der Waals surface area (Å²) < 4.78 is 46.6. The molecule has 12 heteroatoms. The largest absolute Gasteiger partial charge is 0.475 e. The number of carbonyl (C=O) groups is 1. The van der Waals surface area contributed by atoms with Crippen LogP contribution in [-0.4, -0.2) is 60.6 Å². The van der Waals surface area contributed by atoms with Gasteiger partial charge >= 0.3 is 12.2 Å². The fourth-order valence-electron chi connectivity index (χ4n) is 4.53. The molecule has 2 amide bonds. The van der Waals surface area contributed by atoms with E-state index in [0.29, 0.717) is 66.8 Å². The number of imidazole rings is 1. The SMILES string of the molecule is CCN1C(=O)N[C@@H](CCC(F)(F)F)CCCCCOc2nc(cn3ccnc23)-c2cc(nc(C)n2)[C@@H]1C. The van der Waals surface area contributed by atoms with Gasteiger partial charge in [-0.15, -0.1) is 0 Å². The summed E-state index contributed by atoms with van der Waals surface area (Å²) in [7, 11) is 0. The van der Waals surface area contributed by atoms with Crippen molar-refractivity contribution in [3.8, 4) is 17.3 Å². The molecule has 1 aliphatic rings. The van der Waals surface area contributed by atoms with Crippen LogP contribution >= 0.6 is 0 Å². The zero-order chi connectivity index (χ0) is 26.6. The highest BCUT2D eigenvalue weighted by molar-refractivity contribution is 5.75. The number of amides is 2. The fourth-order valence-corrected chi connectivity index (χ4v) is 4.53. The molecule has 0 radical (unpaired) electrons. The van der Waals surface area contributed by atoms with Crippen molar-refractivity contribution in [3.05, 3.63) is 36.2 Å². The van der Waals surface area contributed by atoms with Crippen LogP contribution in [0.15, 0.2) is 24.7 Å². The summed E-state index contributed by atoms with van der Waals surface area (Å²) in [6, 6.07) is 0.336. The lowest BCUT2D eigenvalue weighted by Gasteiger charge is -2.30. The molecule has 200 valence electrons. The molecule has 0 saturated carbocycles. The van der Waals surface area contributed by atoms with Crippen molar-refractivity contribution in [1.82, 2.24) is 34.6 Å². The number of fused-ring (bicyclic) bond motifs is 7. The van der Waals surface area contributed by atoms with Crippen molar-refractivity contribution in [2.24, 2.45) is 0 Å². The van der Waals surface area contributed by atoms with Gasteiger partial charge in [-0.05, 0) is 52.5 Å². The number of nitrogens with one attached hydrogen (secondary N) is 1. The lowest BCUT2D eigenvalue weighted by atomic mass is 10.0. The van der Waals surface area contributed by atoms with Gasteiger partial charge in [0.15, 0.2) is 0 Å². The zero-order valence-corrected chi connectivity index (χ0v) is 21.3. The van der Waals surface area contributed by atoms with Gasteiger partial charge in [-0.1, -0.05) is 6.42 Å². The van der Waals surface area contributed by atoms with Crippen LogP contribution in [0.3, 0.4) is 0 Å². The third-order valence-electron chi connectivity index (χ3n) is 6.50. The van der Waals surface area contributed by atoms with Gasteiger partial charge in [0.25, 0.3) is 5.88 Å². The molecule has 0 spiro atoms. The van der Waals surface area contributed by atoms with Crippen molar-refractivity contribution < 1.29 is 22.7 Å². The second-order valence-corrected chi connectivity index (χ2v) is 9.27. The summed E-state index contributed by atoms with van der Waals surface area (Å²) in [5.74, 6) is 0.888. The van der Waals surface area contributed by atoms with Crippen LogP contribution in [0.25, 0.3) is 17.0 Å². The highest BCUT2D eigenvalue weighted by Gasteiger charge is 2.30. The number of urea groups is 1. The molecule has 37 heavy (non-hydrogen) atoms. The number of hydrogen-bond donors (Lipinski definition) is 1. The number of aromatic nitrogens is 5. The quantitative estimate of drug-likeness (QED) is 0.508. The first-order valence-corrected chi connectivity index (χ1v) is 12.6. The van der Waals surface area contributed by atoms with Crippen molar-refractivity contribution >= 4 is 11.7 Å². The zero-order valence-electron chi connectivity index (χ0n) is 21.3. The highest BCUT2D eigenvalue weighted by Crippen LogP contribution is 2.28. The van der Waals surface area contributed by atoms with E-state index in [1.54, 1.807) is 30.3 Å². The van der Waals surface area contributed by atoms with Gasteiger partial charge in [-0.3, -0.25) is 0 Å². The van der Waals surface area contributed by atoms with Crippen LogP contribution in [0.5, 0.6) is 5.88 Å². The van der Waals surface area contributed by atoms with Gasteiger partial charge in [0.1, 0.15) is 11.5 Å². The Balaban J connectivity index is 1.70. The number of ether oxygens (including phenoxy) is 1. The van der Waals surface area contributed by atoms with E-state index in [-0.39, 0.29) is 6.42 Å². The van der Waals surface area contributed by atoms with E-state index in [1.165, 1.54) is 0 Å². The van der Waals surface area contributed by atoms with Crippen LogP contribution in [0.1, 0.15) is 69.9 Å². The number of nitrogens with zero attached hydrogens (tertiary/aromatic N) is 6. The van der Waals surface area contributed by atoms with E-state index in [4.69, 9.17) is 4.74 Å². The van der Waals surface area contributed by atoms with Crippen LogP contribution in [0.4, 0.5) is 18.0 Å². The molecule has 9 nitrogen and oxygen atoms in total. The number of alkyl halides is 3. The standard InChI is InChI=1S/C25H32F3N7O2/c1-4-35-16(2)19-14-20(31-17(3)30-19)21-15-34-12-11-29-22(34)23(33-21)37-13-7-5-6-8-18(32-24(35)36)9-10-25(26,27)28/h11-12,14-16,18H,4-10,13H2,1-3H3,(H,32,36)/t16-,18+/m0/s1. The van der Waals surface area contributed by atoms with E-state index < -0.39 is 30.7 Å².